The lowest BCUT2D eigenvalue weighted by Gasteiger charge is -2.10. The predicted molar refractivity (Wildman–Crippen MR) is 90.6 cm³/mol. The van der Waals surface area contributed by atoms with Gasteiger partial charge in [-0.2, -0.15) is 0 Å². The van der Waals surface area contributed by atoms with Gasteiger partial charge in [-0.1, -0.05) is 29.8 Å². The van der Waals surface area contributed by atoms with Gasteiger partial charge in [-0.25, -0.2) is 9.37 Å². The Morgan fingerprint density at radius 2 is 1.78 bits per heavy atom. The van der Waals surface area contributed by atoms with E-state index < -0.39 is 5.91 Å². The monoisotopic (exact) mass is 393 g/mol. The van der Waals surface area contributed by atoms with Crippen LogP contribution in [0, 0.1) is 5.82 Å². The van der Waals surface area contributed by atoms with Crippen molar-refractivity contribution in [2.45, 2.75) is 0 Å². The molecule has 1 aromatic heterocycles. The molecule has 0 fully saturated rings. The first-order chi connectivity index (χ1) is 11.1. The quantitative estimate of drug-likeness (QED) is 0.701. The molecule has 1 amide bonds. The van der Waals surface area contributed by atoms with Crippen molar-refractivity contribution in [3.63, 3.8) is 0 Å². The van der Waals surface area contributed by atoms with Crippen LogP contribution in [0.2, 0.25) is 5.15 Å². The van der Waals surface area contributed by atoms with E-state index in [9.17, 15) is 9.18 Å². The maximum atomic E-state index is 13.1. The summed E-state index contributed by atoms with van der Waals surface area (Å²) < 4.78 is 15.0. The second-order valence-corrected chi connectivity index (χ2v) is 5.72. The summed E-state index contributed by atoms with van der Waals surface area (Å²) in [5, 5.41) is 2.81. The van der Waals surface area contributed by atoms with Crippen molar-refractivity contribution in [3.8, 4) is 5.69 Å². The summed E-state index contributed by atoms with van der Waals surface area (Å²) in [6, 6.07) is 14.7. The van der Waals surface area contributed by atoms with Crippen molar-refractivity contribution < 1.29 is 9.18 Å². The van der Waals surface area contributed by atoms with Gasteiger partial charge in [0.05, 0.1) is 0 Å². The van der Waals surface area contributed by atoms with Crippen LogP contribution in [0.5, 0.6) is 0 Å². The molecule has 23 heavy (non-hydrogen) atoms. The number of carbonyl (C=O) groups excluding carboxylic acids is 1. The van der Waals surface area contributed by atoms with Crippen molar-refractivity contribution >= 4 is 39.1 Å². The van der Waals surface area contributed by atoms with Gasteiger partial charge in [-0.05, 0) is 52.3 Å². The highest BCUT2D eigenvalue weighted by molar-refractivity contribution is 9.10. The Labute approximate surface area is 145 Å². The molecule has 2 aromatic carbocycles. The van der Waals surface area contributed by atoms with Crippen LogP contribution in [0.3, 0.4) is 0 Å². The number of nitrogens with one attached hydrogen (secondary N) is 1. The van der Waals surface area contributed by atoms with Gasteiger partial charge >= 0.3 is 0 Å². The molecule has 0 saturated heterocycles. The highest BCUT2D eigenvalue weighted by atomic mass is 79.9. The number of carbonyl (C=O) groups is 1. The highest BCUT2D eigenvalue weighted by Gasteiger charge is 2.22. The Kier molecular flexibility index (Phi) is 4.45. The van der Waals surface area contributed by atoms with Gasteiger partial charge in [0.15, 0.2) is 15.6 Å². The first-order valence-electron chi connectivity index (χ1n) is 6.62. The third-order valence-electron chi connectivity index (χ3n) is 3.13. The van der Waals surface area contributed by atoms with Crippen molar-refractivity contribution in [2.24, 2.45) is 0 Å². The number of amides is 1. The van der Waals surface area contributed by atoms with Gasteiger partial charge in [-0.15, -0.1) is 0 Å². The SMILES string of the molecule is O=C(Nc1ccccc1)c1c(Cl)nc(Br)n1-c1ccc(F)cc1. The molecule has 1 heterocycles. The van der Waals surface area contributed by atoms with Gasteiger partial charge in [-0.3, -0.25) is 9.36 Å². The van der Waals surface area contributed by atoms with Gasteiger partial charge in [0.2, 0.25) is 0 Å². The molecule has 0 radical (unpaired) electrons. The first-order valence-corrected chi connectivity index (χ1v) is 7.79. The third kappa shape index (κ3) is 3.28. The number of halogens is 3. The maximum absolute atomic E-state index is 13.1. The minimum Gasteiger partial charge on any atom is -0.321 e. The lowest BCUT2D eigenvalue weighted by Crippen LogP contribution is -2.17. The van der Waals surface area contributed by atoms with Crippen LogP contribution >= 0.6 is 27.5 Å². The minimum atomic E-state index is -0.413. The number of imidazole rings is 1. The van der Waals surface area contributed by atoms with E-state index in [0.717, 1.165) is 0 Å². The molecule has 3 rings (SSSR count). The molecule has 1 N–H and O–H groups in total. The van der Waals surface area contributed by atoms with E-state index in [2.05, 4.69) is 26.2 Å². The Hall–Kier alpha value is -2.18. The van der Waals surface area contributed by atoms with Crippen LogP contribution < -0.4 is 5.32 Å². The molecule has 7 heteroatoms. The van der Waals surface area contributed by atoms with Crippen LogP contribution in [0.15, 0.2) is 59.3 Å². The largest absolute Gasteiger partial charge is 0.321 e. The van der Waals surface area contributed by atoms with Gasteiger partial charge in [0.1, 0.15) is 5.82 Å². The molecule has 0 bridgehead atoms. The summed E-state index contributed by atoms with van der Waals surface area (Å²) >= 11 is 9.37. The molecule has 0 atom stereocenters. The number of para-hydroxylation sites is 1. The van der Waals surface area contributed by atoms with Crippen molar-refractivity contribution in [3.05, 3.63) is 76.0 Å². The summed E-state index contributed by atoms with van der Waals surface area (Å²) in [7, 11) is 0. The van der Waals surface area contributed by atoms with E-state index >= 15 is 0 Å². The molecule has 0 saturated carbocycles. The average Bonchev–Trinajstić information content (AvgIpc) is 2.83. The number of benzene rings is 2. The zero-order chi connectivity index (χ0) is 16.4. The number of hydrogen-bond acceptors (Lipinski definition) is 2. The van der Waals surface area contributed by atoms with Gasteiger partial charge in [0, 0.05) is 11.4 Å². The normalized spacial score (nSPS) is 10.6. The van der Waals surface area contributed by atoms with Crippen LogP contribution in [0.1, 0.15) is 10.5 Å². The Balaban J connectivity index is 2.02. The predicted octanol–water partition coefficient (Wildman–Crippen LogP) is 4.68. The zero-order valence-electron chi connectivity index (χ0n) is 11.6. The Morgan fingerprint density at radius 1 is 1.13 bits per heavy atom. The highest BCUT2D eigenvalue weighted by Crippen LogP contribution is 2.26. The average molecular weight is 395 g/mol. The standard InChI is InChI=1S/C16H10BrClFN3O/c17-16-21-14(18)13(15(23)20-11-4-2-1-3-5-11)22(16)12-8-6-10(19)7-9-12/h1-9H,(H,20,23). The van der Waals surface area contributed by atoms with Crippen LogP contribution in [0.25, 0.3) is 5.69 Å². The smallest absolute Gasteiger partial charge is 0.275 e. The van der Waals surface area contributed by atoms with E-state index in [1.54, 1.807) is 12.1 Å². The fraction of sp³-hybridized carbons (Fsp3) is 0. The lowest BCUT2D eigenvalue weighted by molar-refractivity contribution is 0.102. The summed E-state index contributed by atoms with van der Waals surface area (Å²) in [5.41, 5.74) is 1.36. The van der Waals surface area contributed by atoms with Crippen molar-refractivity contribution in [1.29, 1.82) is 0 Å². The number of hydrogen-bond donors (Lipinski definition) is 1. The molecule has 0 aliphatic carbocycles. The molecule has 4 nitrogen and oxygen atoms in total. The van der Waals surface area contributed by atoms with Crippen LogP contribution in [0.4, 0.5) is 10.1 Å². The molecular weight excluding hydrogens is 385 g/mol. The Morgan fingerprint density at radius 3 is 2.43 bits per heavy atom. The van der Waals surface area contributed by atoms with Crippen LogP contribution in [-0.2, 0) is 0 Å². The molecule has 0 spiro atoms. The van der Waals surface area contributed by atoms with Crippen molar-refractivity contribution in [2.75, 3.05) is 5.32 Å². The van der Waals surface area contributed by atoms with Gasteiger partial charge < -0.3 is 5.32 Å². The fourth-order valence-electron chi connectivity index (χ4n) is 2.10. The van der Waals surface area contributed by atoms with E-state index in [4.69, 9.17) is 11.6 Å². The minimum absolute atomic E-state index is 0.0506. The molecule has 0 unspecified atom stereocenters. The van der Waals surface area contributed by atoms with Gasteiger partial charge in [0.25, 0.3) is 5.91 Å². The molecule has 116 valence electrons. The molecular formula is C16H10BrClFN3O. The summed E-state index contributed by atoms with van der Waals surface area (Å²) in [6.45, 7) is 0. The molecule has 0 aliphatic rings. The summed E-state index contributed by atoms with van der Waals surface area (Å²) in [4.78, 5) is 16.6. The topological polar surface area (TPSA) is 46.9 Å². The summed E-state index contributed by atoms with van der Waals surface area (Å²) in [5.74, 6) is -0.782. The van der Waals surface area contributed by atoms with E-state index in [1.165, 1.54) is 28.8 Å². The number of anilines is 1. The lowest BCUT2D eigenvalue weighted by atomic mass is 10.3. The Bertz CT molecular complexity index is 850. The summed E-state index contributed by atoms with van der Waals surface area (Å²) in [6.07, 6.45) is 0. The second kappa shape index (κ2) is 6.52. The third-order valence-corrected chi connectivity index (χ3v) is 3.92. The maximum Gasteiger partial charge on any atom is 0.275 e. The molecule has 3 aromatic rings. The second-order valence-electron chi connectivity index (χ2n) is 4.65. The first kappa shape index (κ1) is 15.7. The zero-order valence-corrected chi connectivity index (χ0v) is 14.0. The number of rotatable bonds is 3. The van der Waals surface area contributed by atoms with Crippen molar-refractivity contribution in [1.82, 2.24) is 9.55 Å². The number of nitrogens with zero attached hydrogens (tertiary/aromatic N) is 2. The van der Waals surface area contributed by atoms with Crippen LogP contribution in [-0.4, -0.2) is 15.5 Å². The number of aromatic nitrogens is 2. The van der Waals surface area contributed by atoms with E-state index in [0.29, 0.717) is 16.1 Å². The van der Waals surface area contributed by atoms with E-state index in [-0.39, 0.29) is 16.7 Å². The van der Waals surface area contributed by atoms with E-state index in [1.807, 2.05) is 18.2 Å². The molecule has 0 aliphatic heterocycles. The fourth-order valence-corrected chi connectivity index (χ4v) is 3.01.